The van der Waals surface area contributed by atoms with E-state index in [1.807, 2.05) is 50.3 Å². The second-order valence-electron chi connectivity index (χ2n) is 30.6. The summed E-state index contributed by atoms with van der Waals surface area (Å²) in [4.78, 5) is 41.9. The Morgan fingerprint density at radius 3 is 1.08 bits per heavy atom. The van der Waals surface area contributed by atoms with Crippen LogP contribution in [0.1, 0.15) is 181 Å². The monoisotopic (exact) mass is 1420 g/mol. The normalized spacial score (nSPS) is 22.8. The Morgan fingerprint density at radius 1 is 0.380 bits per heavy atom. The summed E-state index contributed by atoms with van der Waals surface area (Å²) in [7, 11) is 31.3. The molecule has 21 heteroatoms. The fraction of sp³-hybridized carbons (Fsp3) is 0.924. The molecule has 11 aliphatic rings. The van der Waals surface area contributed by atoms with Crippen LogP contribution in [0, 0.1) is 11.8 Å². The standard InChI is InChI=1S/C8H16N2O.C8H17N.C7H14N2O.C7H16N2.C7H12N2.2C7H15N.C6H14N2.C6H13NO.C6H13N.C5H11NO.C5H11N/c1-7(11)10-5-3-8(9-2)4-6-10;1-9-7-8-5-3-2-4-6-8;1-7(10)9-5-3-8(2)4-6-9;1-8-7-3-5-9(2)6-4-7;1-8-6-7-4-3-5-9(7)2;1-7-3-5-8(2)6-4-7;1-8-7-5-3-2-4-6-7;1-7-3-5-8(2)6-4-7;1-7-5-6-3-2-4-8-6;1-7-6-4-2-3-5-6;1-6-2-4-7-5-3-6;1-6-4-2-3-5-6/h8-9H,3-6H2,1-2H3;8-9H,2-7H2,1H3;3-6H2,1-2H3;7-8H,3-6H2,1-2H3;3-5,8H,6H2,1-2H3;7H,3-6H2,1-2H3;7-8H,2-6H2,1H3;3-6H2,1-2H3;6-7H,2-5H2,1H3;6-7H,2-5H2,1H3;2-5H2,1H3;2-5H2,1H3. The number of likely N-dealkylation sites (tertiary alicyclic amines) is 4. The maximum Gasteiger partial charge on any atom is 0.219 e. The van der Waals surface area contributed by atoms with E-state index in [1.165, 1.54) is 219 Å². The zero-order valence-corrected chi connectivity index (χ0v) is 68.8. The van der Waals surface area contributed by atoms with Crippen LogP contribution in [0.25, 0.3) is 0 Å². The molecule has 100 heavy (non-hydrogen) atoms. The molecule has 0 aromatic carbocycles. The van der Waals surface area contributed by atoms with Crippen molar-refractivity contribution in [2.45, 2.75) is 212 Å². The number of likely N-dealkylation sites (N-methyl/N-ethyl adjacent to an activating group) is 5. The van der Waals surface area contributed by atoms with E-state index in [-0.39, 0.29) is 11.8 Å². The van der Waals surface area contributed by atoms with E-state index in [9.17, 15) is 9.59 Å². The number of nitrogens with one attached hydrogen (secondary N) is 7. The van der Waals surface area contributed by atoms with E-state index in [4.69, 9.17) is 9.47 Å². The molecular weight excluding hydrogens is 1250 g/mol. The first-order valence-corrected chi connectivity index (χ1v) is 40.4. The average molecular weight is 1420 g/mol. The number of carbonyl (C=O) groups is 2. The SMILES string of the molecule is CC(=O)N1CCN(C)CC1.CC1CCN(C)CC1.CN1CCCC1.CN1CCN(C)CC1.CN1CCOCC1.CNC1CCCC1.CNC1CCCCC1.CNC1CCN(C(C)=O)CC1.CNC1CCN(C)CC1.CNCC1CCCCC1.CNCC1CCCO1.CNCc1cccn1C. The van der Waals surface area contributed by atoms with Gasteiger partial charge < -0.3 is 95.4 Å². The number of hydrogen-bond donors (Lipinski definition) is 7. The number of aromatic nitrogens is 1. The highest BCUT2D eigenvalue weighted by molar-refractivity contribution is 5.73. The molecule has 7 N–H and O–H groups in total. The van der Waals surface area contributed by atoms with Gasteiger partial charge in [0.25, 0.3) is 0 Å². The van der Waals surface area contributed by atoms with Gasteiger partial charge in [-0.1, -0.05) is 58.3 Å². The number of morpholine rings is 1. The van der Waals surface area contributed by atoms with Gasteiger partial charge in [-0.3, -0.25) is 9.59 Å². The van der Waals surface area contributed by atoms with Crippen LogP contribution in [-0.4, -0.2) is 340 Å². The molecule has 1 atom stereocenters. The van der Waals surface area contributed by atoms with Gasteiger partial charge in [-0.15, -0.1) is 0 Å². The molecule has 8 saturated heterocycles. The zero-order valence-electron chi connectivity index (χ0n) is 68.8. The van der Waals surface area contributed by atoms with Gasteiger partial charge in [-0.25, -0.2) is 0 Å². The smallest absolute Gasteiger partial charge is 0.219 e. The van der Waals surface area contributed by atoms with E-state index in [2.05, 4.69) is 167 Å². The molecule has 12 rings (SSSR count). The summed E-state index contributed by atoms with van der Waals surface area (Å²) >= 11 is 0. The maximum absolute atomic E-state index is 10.9. The van der Waals surface area contributed by atoms with Crippen molar-refractivity contribution in [3.05, 3.63) is 24.0 Å². The Labute approximate surface area is 617 Å². The predicted octanol–water partition coefficient (Wildman–Crippen LogP) is 7.77. The summed E-state index contributed by atoms with van der Waals surface area (Å²) < 4.78 is 12.5. The molecule has 0 bridgehead atoms. The lowest BCUT2D eigenvalue weighted by atomic mass is 9.89. The van der Waals surface area contributed by atoms with Crippen molar-refractivity contribution >= 4 is 11.8 Å². The van der Waals surface area contributed by atoms with Crippen LogP contribution in [-0.2, 0) is 32.7 Å². The van der Waals surface area contributed by atoms with Gasteiger partial charge in [0.15, 0.2) is 0 Å². The summed E-state index contributed by atoms with van der Waals surface area (Å²) in [6, 6.07) is 7.24. The number of hydrogen-bond acceptors (Lipinski definition) is 18. The third kappa shape index (κ3) is 52.5. The third-order valence-corrected chi connectivity index (χ3v) is 21.6. The molecule has 1 aromatic heterocycles. The first kappa shape index (κ1) is 95.6. The van der Waals surface area contributed by atoms with Gasteiger partial charge in [0.2, 0.25) is 11.8 Å². The van der Waals surface area contributed by atoms with Crippen LogP contribution in [0.15, 0.2) is 18.3 Å². The molecule has 11 fully saturated rings. The Bertz CT molecular complexity index is 1880. The van der Waals surface area contributed by atoms with Crippen LogP contribution < -0.4 is 37.2 Å². The number of aryl methyl sites for hydroxylation is 1. The number of rotatable bonds is 10. The van der Waals surface area contributed by atoms with E-state index in [1.54, 1.807) is 13.8 Å². The molecule has 21 nitrogen and oxygen atoms in total. The third-order valence-electron chi connectivity index (χ3n) is 21.6. The van der Waals surface area contributed by atoms with Gasteiger partial charge in [0.1, 0.15) is 0 Å². The molecule has 1 unspecified atom stereocenters. The van der Waals surface area contributed by atoms with Crippen molar-refractivity contribution in [3.8, 4) is 0 Å². The second kappa shape index (κ2) is 63.8. The molecular formula is C79H167N17O4. The lowest BCUT2D eigenvalue weighted by Gasteiger charge is -2.31. The number of piperazine rings is 2. The van der Waals surface area contributed by atoms with Gasteiger partial charge in [-0.05, 0) is 271 Å². The van der Waals surface area contributed by atoms with E-state index in [0.717, 1.165) is 128 Å². The minimum atomic E-state index is 0.202. The predicted molar refractivity (Wildman–Crippen MR) is 428 cm³/mol. The van der Waals surface area contributed by atoms with Crippen LogP contribution in [0.2, 0.25) is 0 Å². The lowest BCUT2D eigenvalue weighted by Crippen LogP contribution is -2.46. The first-order chi connectivity index (χ1) is 48.2. The van der Waals surface area contributed by atoms with Crippen LogP contribution >= 0.6 is 0 Å². The molecule has 9 heterocycles. The molecule has 2 amide bonds. The second-order valence-corrected chi connectivity index (χ2v) is 30.6. The van der Waals surface area contributed by atoms with Crippen molar-refractivity contribution in [2.24, 2.45) is 18.9 Å². The minimum Gasteiger partial charge on any atom is -0.379 e. The highest BCUT2D eigenvalue weighted by Crippen LogP contribution is 2.23. The number of nitrogens with zero attached hydrogens (tertiary/aromatic N) is 10. The van der Waals surface area contributed by atoms with Crippen LogP contribution in [0.3, 0.4) is 0 Å². The van der Waals surface area contributed by atoms with Crippen molar-refractivity contribution in [1.29, 1.82) is 0 Å². The highest BCUT2D eigenvalue weighted by atomic mass is 16.5. The quantitative estimate of drug-likeness (QED) is 0.121. The summed E-state index contributed by atoms with van der Waals surface area (Å²) in [5, 5.41) is 22.5. The molecule has 3 saturated carbocycles. The highest BCUT2D eigenvalue weighted by Gasteiger charge is 2.20. The zero-order chi connectivity index (χ0) is 74.0. The van der Waals surface area contributed by atoms with Gasteiger partial charge in [0, 0.05) is 155 Å². The van der Waals surface area contributed by atoms with Crippen molar-refractivity contribution in [1.82, 2.24) is 85.9 Å². The summed E-state index contributed by atoms with van der Waals surface area (Å²) in [6.07, 6.45) is 35.6. The van der Waals surface area contributed by atoms with Crippen molar-refractivity contribution in [3.63, 3.8) is 0 Å². The number of amides is 2. The van der Waals surface area contributed by atoms with Crippen molar-refractivity contribution in [2.75, 3.05) is 249 Å². The first-order valence-electron chi connectivity index (χ1n) is 40.4. The Kier molecular flexibility index (Phi) is 61.0. The molecule has 0 radical (unpaired) electrons. The molecule has 0 spiro atoms. The fourth-order valence-corrected chi connectivity index (χ4v) is 13.7. The minimum absolute atomic E-state index is 0.202. The van der Waals surface area contributed by atoms with E-state index in [0.29, 0.717) is 12.1 Å². The van der Waals surface area contributed by atoms with Gasteiger partial charge >= 0.3 is 0 Å². The molecule has 8 aliphatic heterocycles. The number of piperidine rings is 3. The van der Waals surface area contributed by atoms with Gasteiger partial charge in [-0.2, -0.15) is 0 Å². The maximum atomic E-state index is 10.9. The number of carbonyl (C=O) groups excluding carboxylic acids is 2. The molecule has 3 aliphatic carbocycles. The van der Waals surface area contributed by atoms with Gasteiger partial charge in [0.05, 0.1) is 19.3 Å². The number of ether oxygens (including phenoxy) is 2. The summed E-state index contributed by atoms with van der Waals surface area (Å²) in [5.74, 6) is 2.38. The Morgan fingerprint density at radius 2 is 0.750 bits per heavy atom. The van der Waals surface area contributed by atoms with Crippen molar-refractivity contribution < 1.29 is 19.1 Å². The summed E-state index contributed by atoms with van der Waals surface area (Å²) in [6.45, 7) is 32.1. The van der Waals surface area contributed by atoms with Crippen LogP contribution in [0.5, 0.6) is 0 Å². The topological polar surface area (TPSA) is 171 Å². The fourth-order valence-electron chi connectivity index (χ4n) is 13.7. The van der Waals surface area contributed by atoms with E-state index < -0.39 is 0 Å². The van der Waals surface area contributed by atoms with Crippen LogP contribution in [0.4, 0.5) is 0 Å². The lowest BCUT2D eigenvalue weighted by molar-refractivity contribution is -0.131. The molecule has 592 valence electrons. The summed E-state index contributed by atoms with van der Waals surface area (Å²) in [5.41, 5.74) is 1.32. The largest absolute Gasteiger partial charge is 0.379 e. The Balaban J connectivity index is 0.000000547. The molecule has 1 aromatic rings. The Hall–Kier alpha value is -2.42. The van der Waals surface area contributed by atoms with E-state index >= 15 is 0 Å². The average Bonchev–Trinajstić information content (AvgIpc) is 1.61.